The Morgan fingerprint density at radius 3 is 2.83 bits per heavy atom. The van der Waals surface area contributed by atoms with Gasteiger partial charge in [-0.25, -0.2) is 9.78 Å². The molecule has 2 aromatic carbocycles. The molecule has 0 aliphatic carbocycles. The summed E-state index contributed by atoms with van der Waals surface area (Å²) < 4.78 is 6.89. The zero-order valence-corrected chi connectivity index (χ0v) is 16.4. The van der Waals surface area contributed by atoms with Crippen molar-refractivity contribution in [1.29, 1.82) is 0 Å². The van der Waals surface area contributed by atoms with E-state index in [1.165, 1.54) is 7.11 Å². The minimum absolute atomic E-state index is 0.275. The van der Waals surface area contributed by atoms with Gasteiger partial charge < -0.3 is 20.0 Å². The van der Waals surface area contributed by atoms with E-state index in [-0.39, 0.29) is 5.56 Å². The first-order valence-electron chi connectivity index (χ1n) is 9.44. The van der Waals surface area contributed by atoms with Crippen LogP contribution in [0, 0.1) is 6.92 Å². The molecule has 0 atom stereocenters. The summed E-state index contributed by atoms with van der Waals surface area (Å²) in [7, 11) is 1.35. The SMILES string of the molecule is COC(=O)c1ccc2c(c1)c(-c1nc3cc(C)ccc3[nH]c1=O)cn2CCCN. The topological polar surface area (TPSA) is 103 Å². The summed E-state index contributed by atoms with van der Waals surface area (Å²) in [6, 6.07) is 11.0. The standard InChI is InChI=1S/C22H22N4O3/c1-13-4-6-17-18(10-13)24-20(21(27)25-17)16-12-26(9-3-8-23)19-7-5-14(11-15(16)19)22(28)29-2/h4-7,10-12H,3,8-9,23H2,1-2H3,(H,25,27). The third kappa shape index (κ3) is 3.40. The molecule has 0 fully saturated rings. The number of aromatic amines is 1. The van der Waals surface area contributed by atoms with Crippen molar-refractivity contribution in [2.75, 3.05) is 13.7 Å². The molecule has 0 bridgehead atoms. The van der Waals surface area contributed by atoms with Gasteiger partial charge in [0.2, 0.25) is 0 Å². The second-order valence-corrected chi connectivity index (χ2v) is 7.04. The molecule has 7 nitrogen and oxygen atoms in total. The van der Waals surface area contributed by atoms with Crippen molar-refractivity contribution >= 4 is 27.9 Å². The monoisotopic (exact) mass is 390 g/mol. The Kier molecular flexibility index (Phi) is 4.90. The van der Waals surface area contributed by atoms with Crippen LogP contribution in [0.3, 0.4) is 0 Å². The van der Waals surface area contributed by atoms with Crippen LogP contribution in [0.4, 0.5) is 0 Å². The number of nitrogens with one attached hydrogen (secondary N) is 1. The molecule has 0 saturated heterocycles. The van der Waals surface area contributed by atoms with Gasteiger partial charge in [0.1, 0.15) is 5.69 Å². The van der Waals surface area contributed by atoms with Crippen molar-refractivity contribution in [1.82, 2.24) is 14.5 Å². The minimum atomic E-state index is -0.427. The highest BCUT2D eigenvalue weighted by atomic mass is 16.5. The number of nitrogens with zero attached hydrogens (tertiary/aromatic N) is 2. The lowest BCUT2D eigenvalue weighted by Gasteiger charge is -2.05. The molecule has 0 unspecified atom stereocenters. The van der Waals surface area contributed by atoms with E-state index >= 15 is 0 Å². The maximum Gasteiger partial charge on any atom is 0.337 e. The Morgan fingerprint density at radius 2 is 2.07 bits per heavy atom. The molecular weight excluding hydrogens is 368 g/mol. The summed E-state index contributed by atoms with van der Waals surface area (Å²) >= 11 is 0. The molecule has 148 valence electrons. The second-order valence-electron chi connectivity index (χ2n) is 7.04. The summed E-state index contributed by atoms with van der Waals surface area (Å²) in [5.41, 5.74) is 10.2. The molecule has 4 aromatic rings. The Bertz CT molecular complexity index is 1290. The first-order valence-corrected chi connectivity index (χ1v) is 9.44. The van der Waals surface area contributed by atoms with Crippen molar-refractivity contribution in [2.45, 2.75) is 19.9 Å². The maximum absolute atomic E-state index is 12.8. The number of ether oxygens (including phenoxy) is 1. The number of carbonyl (C=O) groups excluding carboxylic acids is 1. The molecule has 3 N–H and O–H groups in total. The van der Waals surface area contributed by atoms with Crippen molar-refractivity contribution in [3.8, 4) is 11.3 Å². The van der Waals surface area contributed by atoms with Crippen molar-refractivity contribution < 1.29 is 9.53 Å². The molecule has 4 rings (SSSR count). The first-order chi connectivity index (χ1) is 14.0. The number of aromatic nitrogens is 3. The predicted octanol–water partition coefficient (Wildman–Crippen LogP) is 2.99. The normalized spacial score (nSPS) is 11.3. The molecule has 0 amide bonds. The molecule has 2 aromatic heterocycles. The highest BCUT2D eigenvalue weighted by Gasteiger charge is 2.17. The number of benzene rings is 2. The van der Waals surface area contributed by atoms with Gasteiger partial charge in [-0.1, -0.05) is 6.07 Å². The summed E-state index contributed by atoms with van der Waals surface area (Å²) in [5, 5.41) is 0.773. The number of aryl methyl sites for hydroxylation is 2. The van der Waals surface area contributed by atoms with Crippen LogP contribution in [0.5, 0.6) is 0 Å². The first kappa shape index (κ1) is 18.9. The Labute approximate surface area is 167 Å². The number of hydrogen-bond donors (Lipinski definition) is 2. The zero-order valence-electron chi connectivity index (χ0n) is 16.4. The fraction of sp³-hybridized carbons (Fsp3) is 0.227. The highest BCUT2D eigenvalue weighted by Crippen LogP contribution is 2.30. The van der Waals surface area contributed by atoms with Gasteiger partial charge in [-0.05, 0) is 55.8 Å². The van der Waals surface area contributed by atoms with Crippen LogP contribution in [-0.2, 0) is 11.3 Å². The van der Waals surface area contributed by atoms with Gasteiger partial charge in [0.15, 0.2) is 0 Å². The molecule has 0 aliphatic rings. The number of H-pyrrole nitrogens is 1. The van der Waals surface area contributed by atoms with Gasteiger partial charge in [0.05, 0.1) is 23.7 Å². The van der Waals surface area contributed by atoms with E-state index in [9.17, 15) is 9.59 Å². The van der Waals surface area contributed by atoms with E-state index in [0.717, 1.165) is 22.9 Å². The number of nitrogens with two attached hydrogens (primary N) is 1. The third-order valence-electron chi connectivity index (χ3n) is 5.01. The van der Waals surface area contributed by atoms with Gasteiger partial charge in [0.25, 0.3) is 5.56 Å². The number of carbonyl (C=O) groups is 1. The lowest BCUT2D eigenvalue weighted by atomic mass is 10.1. The average molecular weight is 390 g/mol. The molecule has 29 heavy (non-hydrogen) atoms. The van der Waals surface area contributed by atoms with Crippen LogP contribution in [0.1, 0.15) is 22.3 Å². The van der Waals surface area contributed by atoms with Gasteiger partial charge in [0, 0.05) is 29.2 Å². The zero-order chi connectivity index (χ0) is 20.5. The number of methoxy groups -OCH3 is 1. The fourth-order valence-electron chi connectivity index (χ4n) is 3.55. The Balaban J connectivity index is 1.98. The Hall–Kier alpha value is -3.45. The van der Waals surface area contributed by atoms with Crippen molar-refractivity contribution in [3.63, 3.8) is 0 Å². The van der Waals surface area contributed by atoms with E-state index in [4.69, 9.17) is 10.5 Å². The quantitative estimate of drug-likeness (QED) is 0.510. The summed E-state index contributed by atoms with van der Waals surface area (Å²) in [5.74, 6) is -0.427. The van der Waals surface area contributed by atoms with Crippen LogP contribution >= 0.6 is 0 Å². The van der Waals surface area contributed by atoms with Gasteiger partial charge in [-0.3, -0.25) is 4.79 Å². The van der Waals surface area contributed by atoms with Crippen LogP contribution in [0.2, 0.25) is 0 Å². The van der Waals surface area contributed by atoms with Crippen LogP contribution in [0.15, 0.2) is 47.4 Å². The summed E-state index contributed by atoms with van der Waals surface area (Å²) in [4.78, 5) is 32.4. The number of fused-ring (bicyclic) bond motifs is 2. The van der Waals surface area contributed by atoms with Crippen LogP contribution in [0.25, 0.3) is 33.2 Å². The number of rotatable bonds is 5. The maximum atomic E-state index is 12.8. The molecular formula is C22H22N4O3. The molecule has 0 radical (unpaired) electrons. The average Bonchev–Trinajstić information content (AvgIpc) is 3.09. The van der Waals surface area contributed by atoms with Gasteiger partial charge in [-0.15, -0.1) is 0 Å². The van der Waals surface area contributed by atoms with Gasteiger partial charge in [-0.2, -0.15) is 0 Å². The summed E-state index contributed by atoms with van der Waals surface area (Å²) in [6.07, 6.45) is 2.70. The van der Waals surface area contributed by atoms with Crippen molar-refractivity contribution in [2.24, 2.45) is 5.73 Å². The third-order valence-corrected chi connectivity index (χ3v) is 5.01. The number of esters is 1. The van der Waals surface area contributed by atoms with Gasteiger partial charge >= 0.3 is 5.97 Å². The molecule has 0 spiro atoms. The lowest BCUT2D eigenvalue weighted by molar-refractivity contribution is 0.0601. The van der Waals surface area contributed by atoms with E-state index in [2.05, 4.69) is 9.97 Å². The van der Waals surface area contributed by atoms with Crippen LogP contribution < -0.4 is 11.3 Å². The Morgan fingerprint density at radius 1 is 1.24 bits per heavy atom. The fourth-order valence-corrected chi connectivity index (χ4v) is 3.55. The minimum Gasteiger partial charge on any atom is -0.465 e. The number of hydrogen-bond acceptors (Lipinski definition) is 5. The van der Waals surface area contributed by atoms with E-state index in [0.29, 0.717) is 40.9 Å². The highest BCUT2D eigenvalue weighted by molar-refractivity contribution is 6.01. The molecule has 0 aliphatic heterocycles. The molecule has 2 heterocycles. The lowest BCUT2D eigenvalue weighted by Crippen LogP contribution is -2.11. The van der Waals surface area contributed by atoms with E-state index in [1.807, 2.05) is 42.0 Å². The smallest absolute Gasteiger partial charge is 0.337 e. The van der Waals surface area contributed by atoms with E-state index < -0.39 is 5.97 Å². The largest absolute Gasteiger partial charge is 0.465 e. The van der Waals surface area contributed by atoms with Crippen molar-refractivity contribution in [3.05, 3.63) is 64.1 Å². The molecule has 0 saturated carbocycles. The predicted molar refractivity (Wildman–Crippen MR) is 113 cm³/mol. The summed E-state index contributed by atoms with van der Waals surface area (Å²) in [6.45, 7) is 3.24. The van der Waals surface area contributed by atoms with Crippen LogP contribution in [-0.4, -0.2) is 34.2 Å². The molecule has 7 heteroatoms. The van der Waals surface area contributed by atoms with E-state index in [1.54, 1.807) is 12.1 Å². The second kappa shape index (κ2) is 7.52.